The first-order chi connectivity index (χ1) is 16.4. The molecule has 2 N–H and O–H groups in total. The van der Waals surface area contributed by atoms with Crippen molar-refractivity contribution < 1.29 is 9.18 Å². The number of nitrogen functional groups attached to an aromatic ring is 1. The van der Waals surface area contributed by atoms with Gasteiger partial charge in [-0.2, -0.15) is 5.10 Å². The van der Waals surface area contributed by atoms with Gasteiger partial charge in [-0.1, -0.05) is 12.5 Å². The van der Waals surface area contributed by atoms with Crippen LogP contribution in [0, 0.1) is 17.7 Å². The first-order valence-corrected chi connectivity index (χ1v) is 11.0. The van der Waals surface area contributed by atoms with Gasteiger partial charge in [-0.05, 0) is 38.3 Å². The maximum atomic E-state index is 14.8. The Labute approximate surface area is 195 Å². The number of nitrogens with two attached hydrogens (primary N) is 1. The number of aryl methyl sites for hydroxylation is 1. The summed E-state index contributed by atoms with van der Waals surface area (Å²) in [7, 11) is 0. The van der Waals surface area contributed by atoms with E-state index in [2.05, 4.69) is 38.5 Å². The molecule has 0 saturated carbocycles. The third kappa shape index (κ3) is 3.46. The normalized spacial score (nSPS) is 17.8. The number of nitrogens with zero attached hydrogens (tertiary/aromatic N) is 7. The number of anilines is 1. The number of fused-ring (bicyclic) bond motifs is 2. The van der Waals surface area contributed by atoms with Crippen molar-refractivity contribution in [1.82, 2.24) is 34.2 Å². The molecule has 2 atom stereocenters. The summed E-state index contributed by atoms with van der Waals surface area (Å²) in [6.45, 7) is 8.69. The minimum atomic E-state index is -0.439. The van der Waals surface area contributed by atoms with Crippen LogP contribution in [-0.4, -0.2) is 52.7 Å². The number of likely N-dealkylation sites (tertiary alicyclic amines) is 1. The van der Waals surface area contributed by atoms with Gasteiger partial charge in [0.25, 0.3) is 0 Å². The summed E-state index contributed by atoms with van der Waals surface area (Å²) >= 11 is 0. The van der Waals surface area contributed by atoms with Crippen molar-refractivity contribution in [1.29, 1.82) is 0 Å². The van der Waals surface area contributed by atoms with E-state index in [4.69, 9.17) is 5.73 Å². The molecule has 172 valence electrons. The largest absolute Gasteiger partial charge is 0.383 e. The lowest BCUT2D eigenvalue weighted by Crippen LogP contribution is -2.32. The Morgan fingerprint density at radius 1 is 1.32 bits per heavy atom. The average molecular weight is 459 g/mol. The van der Waals surface area contributed by atoms with Crippen LogP contribution in [0.2, 0.25) is 0 Å². The quantitative estimate of drug-likeness (QED) is 0.374. The molecule has 0 unspecified atom stereocenters. The summed E-state index contributed by atoms with van der Waals surface area (Å²) in [5.41, 5.74) is 8.62. The molecule has 9 nitrogen and oxygen atoms in total. The molecule has 5 rings (SSSR count). The molecule has 4 aromatic rings. The summed E-state index contributed by atoms with van der Waals surface area (Å²) in [4.78, 5) is 26.7. The van der Waals surface area contributed by atoms with Crippen molar-refractivity contribution in [3.63, 3.8) is 0 Å². The highest BCUT2D eigenvalue weighted by atomic mass is 19.1. The fourth-order valence-electron chi connectivity index (χ4n) is 4.49. The van der Waals surface area contributed by atoms with E-state index in [1.807, 2.05) is 18.4 Å². The summed E-state index contributed by atoms with van der Waals surface area (Å²) in [6.07, 6.45) is 5.05. The first kappa shape index (κ1) is 21.6. The molecular formula is C24H23FN8O. The van der Waals surface area contributed by atoms with Crippen LogP contribution in [0.1, 0.15) is 37.6 Å². The van der Waals surface area contributed by atoms with E-state index in [1.54, 1.807) is 22.0 Å². The standard InChI is InChI=1S/C24H23FN8O/c1-4-21(34)32-11-16(8-14(32)3)33-24-22(23(26)27-12-28-24)18(30-33)7-6-15-9-19-20(10-17(15)25)31(5-2)13-29-19/h4,9-10,12-14,16H,1,5,8,11H2,2-3H3,(H2,26,27,28)/t14-,16-/m0/s1. The Morgan fingerprint density at radius 2 is 2.15 bits per heavy atom. The van der Waals surface area contributed by atoms with Crippen LogP contribution in [-0.2, 0) is 11.3 Å². The van der Waals surface area contributed by atoms with E-state index in [0.29, 0.717) is 47.3 Å². The number of carbonyl (C=O) groups is 1. The second-order valence-corrected chi connectivity index (χ2v) is 8.29. The Hall–Kier alpha value is -4.26. The molecule has 3 aromatic heterocycles. The molecule has 1 aromatic carbocycles. The average Bonchev–Trinajstić information content (AvgIpc) is 3.52. The van der Waals surface area contributed by atoms with Gasteiger partial charge < -0.3 is 15.2 Å². The minimum absolute atomic E-state index is 0.0206. The van der Waals surface area contributed by atoms with Crippen molar-refractivity contribution in [2.45, 2.75) is 38.9 Å². The zero-order chi connectivity index (χ0) is 24.0. The Kier molecular flexibility index (Phi) is 5.24. The van der Waals surface area contributed by atoms with Crippen LogP contribution in [0.3, 0.4) is 0 Å². The molecule has 0 spiro atoms. The SMILES string of the molecule is C=CC(=O)N1C[C@@H](n2nc(C#Cc3cc4ncn(CC)c4cc3F)c3c(N)ncnc32)C[C@@H]1C. The predicted octanol–water partition coefficient (Wildman–Crippen LogP) is 2.66. The van der Waals surface area contributed by atoms with Gasteiger partial charge in [0.05, 0.1) is 34.4 Å². The highest BCUT2D eigenvalue weighted by Crippen LogP contribution is 2.31. The Balaban J connectivity index is 1.57. The highest BCUT2D eigenvalue weighted by Gasteiger charge is 2.34. The monoisotopic (exact) mass is 458 g/mol. The lowest BCUT2D eigenvalue weighted by molar-refractivity contribution is -0.126. The van der Waals surface area contributed by atoms with Gasteiger partial charge in [0.2, 0.25) is 5.91 Å². The lowest BCUT2D eigenvalue weighted by Gasteiger charge is -2.19. The molecule has 4 heterocycles. The van der Waals surface area contributed by atoms with E-state index < -0.39 is 5.82 Å². The van der Waals surface area contributed by atoms with Crippen molar-refractivity contribution in [3.05, 3.63) is 54.5 Å². The second kappa shape index (κ2) is 8.26. The van der Waals surface area contributed by atoms with Crippen molar-refractivity contribution in [2.24, 2.45) is 0 Å². The van der Waals surface area contributed by atoms with E-state index in [9.17, 15) is 9.18 Å². The van der Waals surface area contributed by atoms with Crippen LogP contribution >= 0.6 is 0 Å². The van der Waals surface area contributed by atoms with Crippen LogP contribution in [0.25, 0.3) is 22.1 Å². The molecule has 1 aliphatic rings. The number of carbonyl (C=O) groups excluding carboxylic acids is 1. The molecule has 1 fully saturated rings. The van der Waals surface area contributed by atoms with Crippen LogP contribution < -0.4 is 5.73 Å². The zero-order valence-electron chi connectivity index (χ0n) is 18.9. The molecule has 0 radical (unpaired) electrons. The topological polar surface area (TPSA) is 108 Å². The van der Waals surface area contributed by atoms with Crippen molar-refractivity contribution in [2.75, 3.05) is 12.3 Å². The molecule has 34 heavy (non-hydrogen) atoms. The number of halogens is 1. The highest BCUT2D eigenvalue weighted by molar-refractivity contribution is 5.91. The number of rotatable bonds is 3. The summed E-state index contributed by atoms with van der Waals surface area (Å²) < 4.78 is 18.4. The van der Waals surface area contributed by atoms with Gasteiger partial charge in [0.15, 0.2) is 5.65 Å². The number of amides is 1. The third-order valence-electron chi connectivity index (χ3n) is 6.24. The number of hydrogen-bond acceptors (Lipinski definition) is 6. The van der Waals surface area contributed by atoms with Gasteiger partial charge in [-0.15, -0.1) is 0 Å². The van der Waals surface area contributed by atoms with Crippen molar-refractivity contribution >= 4 is 33.8 Å². The van der Waals surface area contributed by atoms with Gasteiger partial charge in [-0.25, -0.2) is 24.0 Å². The first-order valence-electron chi connectivity index (χ1n) is 11.0. The maximum Gasteiger partial charge on any atom is 0.246 e. The number of aromatic nitrogens is 6. The van der Waals surface area contributed by atoms with Crippen molar-refractivity contribution in [3.8, 4) is 11.8 Å². The minimum Gasteiger partial charge on any atom is -0.383 e. The molecular weight excluding hydrogens is 435 g/mol. The van der Waals surface area contributed by atoms with Crippen LogP contribution in [0.5, 0.6) is 0 Å². The fourth-order valence-corrected chi connectivity index (χ4v) is 4.49. The van der Waals surface area contributed by atoms with E-state index in [1.165, 1.54) is 18.5 Å². The fraction of sp³-hybridized carbons (Fsp3) is 0.292. The van der Waals surface area contributed by atoms with Gasteiger partial charge in [-0.3, -0.25) is 4.79 Å². The van der Waals surface area contributed by atoms with E-state index >= 15 is 0 Å². The molecule has 0 bridgehead atoms. The van der Waals surface area contributed by atoms with Crippen LogP contribution in [0.4, 0.5) is 10.2 Å². The predicted molar refractivity (Wildman–Crippen MR) is 126 cm³/mol. The maximum absolute atomic E-state index is 14.8. The molecule has 10 heteroatoms. The van der Waals surface area contributed by atoms with Gasteiger partial charge >= 0.3 is 0 Å². The van der Waals surface area contributed by atoms with Gasteiger partial charge in [0, 0.05) is 25.2 Å². The summed E-state index contributed by atoms with van der Waals surface area (Å²) in [5.74, 6) is 5.51. The molecule has 0 aliphatic carbocycles. The number of imidazole rings is 1. The number of hydrogen-bond donors (Lipinski definition) is 1. The molecule has 1 saturated heterocycles. The molecule has 1 aliphatic heterocycles. The number of benzene rings is 1. The zero-order valence-corrected chi connectivity index (χ0v) is 18.9. The van der Waals surface area contributed by atoms with Crippen LogP contribution in [0.15, 0.2) is 37.4 Å². The lowest BCUT2D eigenvalue weighted by atomic mass is 10.1. The Bertz CT molecular complexity index is 1510. The van der Waals surface area contributed by atoms with E-state index in [0.717, 1.165) is 0 Å². The second-order valence-electron chi connectivity index (χ2n) is 8.29. The molecule has 1 amide bonds. The summed E-state index contributed by atoms with van der Waals surface area (Å²) in [5, 5.41) is 5.17. The summed E-state index contributed by atoms with van der Waals surface area (Å²) in [6, 6.07) is 2.97. The Morgan fingerprint density at radius 3 is 2.91 bits per heavy atom. The third-order valence-corrected chi connectivity index (χ3v) is 6.24. The smallest absolute Gasteiger partial charge is 0.246 e. The van der Waals surface area contributed by atoms with Gasteiger partial charge in [0.1, 0.15) is 23.7 Å². The van der Waals surface area contributed by atoms with E-state index in [-0.39, 0.29) is 29.4 Å².